The van der Waals surface area contributed by atoms with Gasteiger partial charge in [-0.25, -0.2) is 0 Å². The maximum Gasteiger partial charge on any atom is 0.158 e. The van der Waals surface area contributed by atoms with E-state index in [1.165, 1.54) is 24.3 Å². The van der Waals surface area contributed by atoms with Gasteiger partial charge in [0.05, 0.1) is 11.4 Å². The third-order valence-corrected chi connectivity index (χ3v) is 3.57. The number of rotatable bonds is 4. The molecule has 4 N–H and O–H groups in total. The van der Waals surface area contributed by atoms with Crippen LogP contribution in [0.5, 0.6) is 23.0 Å². The van der Waals surface area contributed by atoms with Crippen molar-refractivity contribution in [1.29, 1.82) is 0 Å². The molecule has 3 aromatic rings. The van der Waals surface area contributed by atoms with E-state index in [1.54, 1.807) is 48.8 Å². The molecule has 0 atom stereocenters. The van der Waals surface area contributed by atoms with E-state index in [-0.39, 0.29) is 23.0 Å². The number of phenols is 4. The van der Waals surface area contributed by atoms with Crippen LogP contribution in [0.25, 0.3) is 0 Å². The molecule has 0 saturated heterocycles. The molecule has 0 amide bonds. The zero-order chi connectivity index (χ0) is 18.5. The molecule has 0 aliphatic rings. The van der Waals surface area contributed by atoms with Crippen LogP contribution >= 0.6 is 0 Å². The van der Waals surface area contributed by atoms with Crippen LogP contribution in [0.1, 0.15) is 11.1 Å². The summed E-state index contributed by atoms with van der Waals surface area (Å²) in [7, 11) is 0. The second-order valence-electron chi connectivity index (χ2n) is 5.53. The average Bonchev–Trinajstić information content (AvgIpc) is 2.64. The first-order valence-electron chi connectivity index (χ1n) is 7.73. The van der Waals surface area contributed by atoms with Crippen LogP contribution in [0.2, 0.25) is 0 Å². The Balaban J connectivity index is 1.69. The number of hydrogen-bond acceptors (Lipinski definition) is 6. The first-order valence-corrected chi connectivity index (χ1v) is 7.73. The van der Waals surface area contributed by atoms with Crippen LogP contribution in [0.15, 0.2) is 70.6 Å². The summed E-state index contributed by atoms with van der Waals surface area (Å²) in [5.41, 5.74) is 2.74. The van der Waals surface area contributed by atoms with Gasteiger partial charge in [-0.1, -0.05) is 0 Å². The minimum absolute atomic E-state index is 0.175. The molecule has 3 aromatic carbocycles. The maximum absolute atomic E-state index is 9.46. The van der Waals surface area contributed by atoms with Gasteiger partial charge in [0.15, 0.2) is 23.0 Å². The number of aromatic hydroxyl groups is 4. The van der Waals surface area contributed by atoms with Gasteiger partial charge in [-0.3, -0.25) is 9.98 Å². The lowest BCUT2D eigenvalue weighted by molar-refractivity contribution is 0.403. The lowest BCUT2D eigenvalue weighted by atomic mass is 10.2. The summed E-state index contributed by atoms with van der Waals surface area (Å²) in [6.07, 6.45) is 3.16. The van der Waals surface area contributed by atoms with Crippen molar-refractivity contribution in [3.05, 3.63) is 71.8 Å². The van der Waals surface area contributed by atoms with Crippen molar-refractivity contribution < 1.29 is 20.4 Å². The summed E-state index contributed by atoms with van der Waals surface area (Å²) in [5, 5.41) is 37.5. The van der Waals surface area contributed by atoms with Gasteiger partial charge in [-0.05, 0) is 71.8 Å². The van der Waals surface area contributed by atoms with Gasteiger partial charge in [0, 0.05) is 12.4 Å². The molecule has 0 bridgehead atoms. The molecule has 0 aliphatic carbocycles. The van der Waals surface area contributed by atoms with Crippen LogP contribution in [-0.4, -0.2) is 32.9 Å². The molecule has 26 heavy (non-hydrogen) atoms. The van der Waals surface area contributed by atoms with E-state index in [4.69, 9.17) is 0 Å². The van der Waals surface area contributed by atoms with Crippen LogP contribution in [0.4, 0.5) is 11.4 Å². The van der Waals surface area contributed by atoms with Crippen molar-refractivity contribution in [2.45, 2.75) is 0 Å². The smallest absolute Gasteiger partial charge is 0.158 e. The summed E-state index contributed by atoms with van der Waals surface area (Å²) in [4.78, 5) is 8.60. The van der Waals surface area contributed by atoms with E-state index < -0.39 is 0 Å². The highest BCUT2D eigenvalue weighted by Gasteiger charge is 1.99. The molecule has 3 rings (SSSR count). The normalized spacial score (nSPS) is 11.4. The molecule has 0 saturated carbocycles. The summed E-state index contributed by atoms with van der Waals surface area (Å²) in [6.45, 7) is 0. The Labute approximate surface area is 149 Å². The summed E-state index contributed by atoms with van der Waals surface area (Å²) in [5.74, 6) is -0.740. The largest absolute Gasteiger partial charge is 0.504 e. The molecular formula is C20H16N2O4. The molecule has 130 valence electrons. The van der Waals surface area contributed by atoms with E-state index in [0.717, 1.165) is 0 Å². The third-order valence-electron chi connectivity index (χ3n) is 3.57. The second-order valence-corrected chi connectivity index (χ2v) is 5.53. The fraction of sp³-hybridized carbons (Fsp3) is 0. The lowest BCUT2D eigenvalue weighted by Crippen LogP contribution is -1.81. The predicted octanol–water partition coefficient (Wildman–Crippen LogP) is 4.01. The maximum atomic E-state index is 9.46. The molecule has 0 spiro atoms. The minimum atomic E-state index is -0.195. The first-order chi connectivity index (χ1) is 12.5. The predicted molar refractivity (Wildman–Crippen MR) is 100 cm³/mol. The van der Waals surface area contributed by atoms with E-state index in [2.05, 4.69) is 9.98 Å². The minimum Gasteiger partial charge on any atom is -0.504 e. The van der Waals surface area contributed by atoms with Gasteiger partial charge in [0.1, 0.15) is 0 Å². The van der Waals surface area contributed by atoms with Gasteiger partial charge in [-0.15, -0.1) is 0 Å². The molecule has 6 heteroatoms. The number of nitrogens with zero attached hydrogens (tertiary/aromatic N) is 2. The Bertz CT molecular complexity index is 899. The summed E-state index contributed by atoms with van der Waals surface area (Å²) >= 11 is 0. The molecule has 0 aliphatic heterocycles. The van der Waals surface area contributed by atoms with Crippen molar-refractivity contribution >= 4 is 23.8 Å². The number of hydrogen-bond donors (Lipinski definition) is 4. The van der Waals surface area contributed by atoms with E-state index in [1.807, 2.05) is 0 Å². The Hall–Kier alpha value is -3.80. The monoisotopic (exact) mass is 348 g/mol. The second kappa shape index (κ2) is 7.40. The van der Waals surface area contributed by atoms with Crippen LogP contribution in [-0.2, 0) is 0 Å². The van der Waals surface area contributed by atoms with Crippen molar-refractivity contribution in [1.82, 2.24) is 0 Å². The Morgan fingerprint density at radius 3 is 1.23 bits per heavy atom. The Morgan fingerprint density at radius 1 is 0.500 bits per heavy atom. The summed E-state index contributed by atoms with van der Waals surface area (Å²) < 4.78 is 0. The fourth-order valence-electron chi connectivity index (χ4n) is 2.16. The van der Waals surface area contributed by atoms with E-state index in [0.29, 0.717) is 22.5 Å². The standard InChI is InChI=1S/C20H16N2O4/c23-17-7-1-13(9-19(17)25)11-21-15-3-5-16(6-4-15)22-12-14-2-8-18(24)20(26)10-14/h1-12,23-26H/b21-11+,22-12+. The molecule has 0 aromatic heterocycles. The van der Waals surface area contributed by atoms with Crippen molar-refractivity contribution in [2.75, 3.05) is 0 Å². The van der Waals surface area contributed by atoms with E-state index >= 15 is 0 Å². The summed E-state index contributed by atoms with van der Waals surface area (Å²) in [6, 6.07) is 16.1. The first kappa shape index (κ1) is 17.0. The number of benzene rings is 3. The van der Waals surface area contributed by atoms with Crippen molar-refractivity contribution in [2.24, 2.45) is 9.98 Å². The Kier molecular flexibility index (Phi) is 4.85. The van der Waals surface area contributed by atoms with Crippen molar-refractivity contribution in [3.63, 3.8) is 0 Å². The van der Waals surface area contributed by atoms with Gasteiger partial charge < -0.3 is 20.4 Å². The highest BCUT2D eigenvalue weighted by molar-refractivity contribution is 5.84. The highest BCUT2D eigenvalue weighted by Crippen LogP contribution is 2.26. The van der Waals surface area contributed by atoms with Gasteiger partial charge in [0.2, 0.25) is 0 Å². The Morgan fingerprint density at radius 2 is 0.885 bits per heavy atom. The molecule has 6 nitrogen and oxygen atoms in total. The third kappa shape index (κ3) is 4.18. The zero-order valence-corrected chi connectivity index (χ0v) is 13.6. The average molecular weight is 348 g/mol. The van der Waals surface area contributed by atoms with Gasteiger partial charge >= 0.3 is 0 Å². The van der Waals surface area contributed by atoms with Crippen LogP contribution in [0.3, 0.4) is 0 Å². The van der Waals surface area contributed by atoms with Crippen LogP contribution in [0, 0.1) is 0 Å². The fourth-order valence-corrected chi connectivity index (χ4v) is 2.16. The molecule has 0 fully saturated rings. The van der Waals surface area contributed by atoms with Crippen molar-refractivity contribution in [3.8, 4) is 23.0 Å². The van der Waals surface area contributed by atoms with Gasteiger partial charge in [-0.2, -0.15) is 0 Å². The van der Waals surface area contributed by atoms with Crippen LogP contribution < -0.4 is 0 Å². The SMILES string of the molecule is Oc1ccc(/C=N/c2ccc(/N=C/c3ccc(O)c(O)c3)cc2)cc1O. The molecule has 0 radical (unpaired) electrons. The zero-order valence-electron chi connectivity index (χ0n) is 13.6. The molecule has 0 heterocycles. The van der Waals surface area contributed by atoms with Gasteiger partial charge in [0.25, 0.3) is 0 Å². The topological polar surface area (TPSA) is 106 Å². The highest BCUT2D eigenvalue weighted by atomic mass is 16.3. The molecule has 0 unspecified atom stereocenters. The quantitative estimate of drug-likeness (QED) is 0.422. The lowest BCUT2D eigenvalue weighted by Gasteiger charge is -2.00. The van der Waals surface area contributed by atoms with E-state index in [9.17, 15) is 20.4 Å². The number of aliphatic imine (C=N–C) groups is 2. The number of phenolic OH excluding ortho intramolecular Hbond substituents is 4. The molecular weight excluding hydrogens is 332 g/mol.